The minimum absolute atomic E-state index is 0.169. The molecule has 0 amide bonds. The van der Waals surface area contributed by atoms with Crippen LogP contribution in [0.15, 0.2) is 42.5 Å². The maximum absolute atomic E-state index is 10.4. The van der Waals surface area contributed by atoms with Crippen LogP contribution >= 0.6 is 0 Å². The summed E-state index contributed by atoms with van der Waals surface area (Å²) in [5.41, 5.74) is 2.13. The van der Waals surface area contributed by atoms with Crippen molar-refractivity contribution in [1.29, 1.82) is 0 Å². The summed E-state index contributed by atoms with van der Waals surface area (Å²) in [5.74, 6) is 1.12. The van der Waals surface area contributed by atoms with Crippen LogP contribution < -0.4 is 14.4 Å². The van der Waals surface area contributed by atoms with Gasteiger partial charge in [0.25, 0.3) is 0 Å². The number of hydrogen-bond acceptors (Lipinski definition) is 5. The summed E-state index contributed by atoms with van der Waals surface area (Å²) in [6.45, 7) is 4.59. The van der Waals surface area contributed by atoms with Crippen LogP contribution in [0.4, 0.5) is 5.69 Å². The van der Waals surface area contributed by atoms with E-state index in [-0.39, 0.29) is 5.75 Å². The molecule has 24 heavy (non-hydrogen) atoms. The maximum atomic E-state index is 10.4. The fraction of sp³-hybridized carbons (Fsp3) is 0.368. The van der Waals surface area contributed by atoms with Gasteiger partial charge in [0.15, 0.2) is 11.5 Å². The third-order valence-corrected chi connectivity index (χ3v) is 4.49. The minimum Gasteiger partial charge on any atom is -0.504 e. The monoisotopic (exact) mass is 328 g/mol. The molecule has 1 fully saturated rings. The molecule has 128 valence electrons. The lowest BCUT2D eigenvalue weighted by molar-refractivity contribution is 0.245. The van der Waals surface area contributed by atoms with Crippen molar-refractivity contribution in [1.82, 2.24) is 4.90 Å². The molecule has 3 rings (SSSR count). The number of anilines is 1. The Balaban J connectivity index is 1.64. The average Bonchev–Trinajstić information content (AvgIpc) is 2.64. The molecule has 2 aromatic rings. The van der Waals surface area contributed by atoms with Crippen LogP contribution in [0.2, 0.25) is 0 Å². The molecule has 5 heteroatoms. The van der Waals surface area contributed by atoms with Gasteiger partial charge in [-0.05, 0) is 18.2 Å². The van der Waals surface area contributed by atoms with Crippen molar-refractivity contribution in [3.8, 4) is 17.2 Å². The highest BCUT2D eigenvalue weighted by atomic mass is 16.5. The Labute approximate surface area is 143 Å². The van der Waals surface area contributed by atoms with E-state index in [2.05, 4.69) is 34.1 Å². The molecule has 0 radical (unpaired) electrons. The Kier molecular flexibility index (Phi) is 5.11. The molecule has 1 saturated heterocycles. The van der Waals surface area contributed by atoms with Crippen molar-refractivity contribution in [2.45, 2.75) is 6.54 Å². The van der Waals surface area contributed by atoms with Crippen molar-refractivity contribution in [2.24, 2.45) is 0 Å². The summed E-state index contributed by atoms with van der Waals surface area (Å²) in [6.07, 6.45) is 0. The van der Waals surface area contributed by atoms with Gasteiger partial charge in [-0.1, -0.05) is 24.3 Å². The van der Waals surface area contributed by atoms with Crippen LogP contribution in [0.5, 0.6) is 17.2 Å². The summed E-state index contributed by atoms with van der Waals surface area (Å²) < 4.78 is 10.5. The first kappa shape index (κ1) is 16.5. The van der Waals surface area contributed by atoms with E-state index in [9.17, 15) is 5.11 Å². The largest absolute Gasteiger partial charge is 0.504 e. The van der Waals surface area contributed by atoms with Crippen LogP contribution in [0.25, 0.3) is 0 Å². The van der Waals surface area contributed by atoms with Gasteiger partial charge in [0, 0.05) is 44.0 Å². The van der Waals surface area contributed by atoms with E-state index in [1.54, 1.807) is 14.2 Å². The first-order valence-corrected chi connectivity index (χ1v) is 8.18. The molecule has 0 spiro atoms. The predicted molar refractivity (Wildman–Crippen MR) is 95.1 cm³/mol. The van der Waals surface area contributed by atoms with Gasteiger partial charge < -0.3 is 19.5 Å². The Morgan fingerprint density at radius 2 is 1.62 bits per heavy atom. The molecular formula is C19H24N2O3. The number of rotatable bonds is 5. The number of methoxy groups -OCH3 is 2. The molecule has 0 atom stereocenters. The molecule has 1 N–H and O–H groups in total. The number of aromatic hydroxyl groups is 1. The maximum Gasteiger partial charge on any atom is 0.203 e. The van der Waals surface area contributed by atoms with Gasteiger partial charge in [0.1, 0.15) is 0 Å². The van der Waals surface area contributed by atoms with E-state index in [0.29, 0.717) is 18.0 Å². The van der Waals surface area contributed by atoms with Crippen molar-refractivity contribution in [2.75, 3.05) is 45.3 Å². The first-order valence-electron chi connectivity index (χ1n) is 8.18. The molecule has 1 heterocycles. The Morgan fingerprint density at radius 3 is 2.25 bits per heavy atom. The molecule has 2 aromatic carbocycles. The van der Waals surface area contributed by atoms with Gasteiger partial charge in [-0.15, -0.1) is 0 Å². The number of piperazine rings is 1. The summed E-state index contributed by atoms with van der Waals surface area (Å²) in [5, 5.41) is 10.4. The lowest BCUT2D eigenvalue weighted by atomic mass is 10.1. The summed E-state index contributed by atoms with van der Waals surface area (Å²) in [7, 11) is 3.11. The number of benzene rings is 2. The molecule has 0 saturated carbocycles. The van der Waals surface area contributed by atoms with Crippen molar-refractivity contribution >= 4 is 5.69 Å². The normalized spacial score (nSPS) is 15.3. The third-order valence-electron chi connectivity index (χ3n) is 4.49. The zero-order chi connectivity index (χ0) is 16.9. The number of nitrogens with zero attached hydrogens (tertiary/aromatic N) is 2. The average molecular weight is 328 g/mol. The molecule has 0 unspecified atom stereocenters. The number of ether oxygens (including phenoxy) is 2. The predicted octanol–water partition coefficient (Wildman–Crippen LogP) is 2.73. The van der Waals surface area contributed by atoms with Crippen LogP contribution in [-0.2, 0) is 6.54 Å². The number of para-hydroxylation sites is 1. The highest BCUT2D eigenvalue weighted by Gasteiger charge is 2.20. The fourth-order valence-electron chi connectivity index (χ4n) is 3.12. The SMILES string of the molecule is COc1ccc(CN2CCN(c3ccccc3)CC2)c(O)c1OC. The van der Waals surface area contributed by atoms with E-state index in [4.69, 9.17) is 9.47 Å². The molecule has 0 aromatic heterocycles. The van der Waals surface area contributed by atoms with Crippen LogP contribution in [0.3, 0.4) is 0 Å². The summed E-state index contributed by atoms with van der Waals surface area (Å²) in [6, 6.07) is 14.2. The zero-order valence-electron chi connectivity index (χ0n) is 14.2. The Morgan fingerprint density at radius 1 is 0.917 bits per heavy atom. The number of hydrogen-bond donors (Lipinski definition) is 1. The van der Waals surface area contributed by atoms with Gasteiger partial charge in [0.2, 0.25) is 5.75 Å². The van der Waals surface area contributed by atoms with Crippen molar-refractivity contribution in [3.05, 3.63) is 48.0 Å². The van der Waals surface area contributed by atoms with Crippen molar-refractivity contribution < 1.29 is 14.6 Å². The number of phenolic OH excluding ortho intramolecular Hbond substituents is 1. The standard InChI is InChI=1S/C19H24N2O3/c1-23-17-9-8-15(18(22)19(17)24-2)14-20-10-12-21(13-11-20)16-6-4-3-5-7-16/h3-9,22H,10-14H2,1-2H3. The van der Waals surface area contributed by atoms with Crippen LogP contribution in [0, 0.1) is 0 Å². The number of phenols is 1. The quantitative estimate of drug-likeness (QED) is 0.914. The second kappa shape index (κ2) is 7.45. The molecular weight excluding hydrogens is 304 g/mol. The lowest BCUT2D eigenvalue weighted by Crippen LogP contribution is -2.45. The summed E-state index contributed by atoms with van der Waals surface area (Å²) >= 11 is 0. The molecule has 1 aliphatic rings. The second-order valence-corrected chi connectivity index (χ2v) is 5.91. The minimum atomic E-state index is 0.169. The van der Waals surface area contributed by atoms with Gasteiger partial charge in [-0.25, -0.2) is 0 Å². The second-order valence-electron chi connectivity index (χ2n) is 5.91. The van der Waals surface area contributed by atoms with Crippen molar-refractivity contribution in [3.63, 3.8) is 0 Å². The summed E-state index contributed by atoms with van der Waals surface area (Å²) in [4.78, 5) is 4.74. The van der Waals surface area contributed by atoms with Gasteiger partial charge >= 0.3 is 0 Å². The Hall–Kier alpha value is -2.40. The molecule has 1 aliphatic heterocycles. The van der Waals surface area contributed by atoms with Gasteiger partial charge in [0.05, 0.1) is 14.2 Å². The highest BCUT2D eigenvalue weighted by Crippen LogP contribution is 2.39. The zero-order valence-corrected chi connectivity index (χ0v) is 14.2. The first-order chi connectivity index (χ1) is 11.7. The van der Waals surface area contributed by atoms with E-state index >= 15 is 0 Å². The third kappa shape index (κ3) is 3.41. The van der Waals surface area contributed by atoms with Gasteiger partial charge in [-0.2, -0.15) is 0 Å². The molecule has 0 bridgehead atoms. The van der Waals surface area contributed by atoms with E-state index < -0.39 is 0 Å². The van der Waals surface area contributed by atoms with E-state index in [0.717, 1.165) is 31.7 Å². The smallest absolute Gasteiger partial charge is 0.203 e. The fourth-order valence-corrected chi connectivity index (χ4v) is 3.12. The van der Waals surface area contributed by atoms with Crippen LogP contribution in [-0.4, -0.2) is 50.4 Å². The topological polar surface area (TPSA) is 45.2 Å². The lowest BCUT2D eigenvalue weighted by Gasteiger charge is -2.36. The molecule has 5 nitrogen and oxygen atoms in total. The Bertz CT molecular complexity index is 668. The highest BCUT2D eigenvalue weighted by molar-refractivity contribution is 5.55. The molecule has 0 aliphatic carbocycles. The van der Waals surface area contributed by atoms with E-state index in [1.165, 1.54) is 5.69 Å². The van der Waals surface area contributed by atoms with Crippen LogP contribution in [0.1, 0.15) is 5.56 Å². The van der Waals surface area contributed by atoms with E-state index in [1.807, 2.05) is 18.2 Å². The van der Waals surface area contributed by atoms with Gasteiger partial charge in [-0.3, -0.25) is 4.90 Å².